The summed E-state index contributed by atoms with van der Waals surface area (Å²) in [5.74, 6) is 1.48. The number of carbonyl (C=O) groups is 1. The van der Waals surface area contributed by atoms with Gasteiger partial charge in [-0.3, -0.25) is 4.79 Å². The predicted molar refractivity (Wildman–Crippen MR) is 80.8 cm³/mol. The van der Waals surface area contributed by atoms with Crippen LogP contribution in [0.2, 0.25) is 5.02 Å². The van der Waals surface area contributed by atoms with Crippen molar-refractivity contribution >= 4 is 33.3 Å². The van der Waals surface area contributed by atoms with Gasteiger partial charge in [-0.1, -0.05) is 27.5 Å². The molecule has 0 unspecified atom stereocenters. The number of Topliss-reactive ketones (excluding diaryl/α,β-unsaturated/α-hetero) is 1. The lowest BCUT2D eigenvalue weighted by atomic mass is 10.1. The molecule has 0 spiro atoms. The van der Waals surface area contributed by atoms with E-state index in [9.17, 15) is 4.79 Å². The summed E-state index contributed by atoms with van der Waals surface area (Å²) in [5.41, 5.74) is 1.61. The molecule has 0 aromatic heterocycles. The highest BCUT2D eigenvalue weighted by atomic mass is 79.9. The molecule has 4 heteroatoms. The number of aryl methyl sites for hydroxylation is 1. The minimum absolute atomic E-state index is 0.0653. The molecule has 0 heterocycles. The molecule has 0 atom stereocenters. The van der Waals surface area contributed by atoms with Gasteiger partial charge in [-0.2, -0.15) is 0 Å². The van der Waals surface area contributed by atoms with Crippen molar-refractivity contribution in [1.29, 1.82) is 0 Å². The monoisotopic (exact) mass is 338 g/mol. The Morgan fingerprint density at radius 3 is 2.37 bits per heavy atom. The van der Waals surface area contributed by atoms with Gasteiger partial charge >= 0.3 is 0 Å². The maximum Gasteiger partial charge on any atom is 0.173 e. The lowest BCUT2D eigenvalue weighted by Crippen LogP contribution is -2.02. The van der Waals surface area contributed by atoms with Crippen LogP contribution in [0.15, 0.2) is 42.5 Å². The van der Waals surface area contributed by atoms with Crippen LogP contribution >= 0.6 is 27.5 Å². The Morgan fingerprint density at radius 2 is 1.79 bits per heavy atom. The van der Waals surface area contributed by atoms with E-state index in [1.54, 1.807) is 36.4 Å². The third kappa shape index (κ3) is 3.58. The van der Waals surface area contributed by atoms with Crippen LogP contribution < -0.4 is 4.74 Å². The molecule has 98 valence electrons. The minimum Gasteiger partial charge on any atom is -0.457 e. The van der Waals surface area contributed by atoms with E-state index in [-0.39, 0.29) is 5.78 Å². The highest BCUT2D eigenvalue weighted by Crippen LogP contribution is 2.25. The number of rotatable bonds is 4. The third-order valence-electron chi connectivity index (χ3n) is 2.67. The maximum absolute atomic E-state index is 11.6. The maximum atomic E-state index is 11.6. The largest absolute Gasteiger partial charge is 0.457 e. The van der Waals surface area contributed by atoms with Crippen molar-refractivity contribution in [3.63, 3.8) is 0 Å². The third-order valence-corrected chi connectivity index (χ3v) is 3.43. The smallest absolute Gasteiger partial charge is 0.173 e. The number of ketones is 1. The van der Waals surface area contributed by atoms with Crippen LogP contribution in [0.25, 0.3) is 0 Å². The first-order valence-corrected chi connectivity index (χ1v) is 7.23. The molecule has 0 saturated heterocycles. The van der Waals surface area contributed by atoms with Crippen LogP contribution in [-0.4, -0.2) is 11.1 Å². The van der Waals surface area contributed by atoms with Crippen molar-refractivity contribution in [3.8, 4) is 11.5 Å². The van der Waals surface area contributed by atoms with Crippen molar-refractivity contribution in [2.45, 2.75) is 6.92 Å². The average molecular weight is 340 g/mol. The second-order valence-electron chi connectivity index (χ2n) is 4.09. The van der Waals surface area contributed by atoms with E-state index in [4.69, 9.17) is 16.3 Å². The van der Waals surface area contributed by atoms with E-state index < -0.39 is 0 Å². The van der Waals surface area contributed by atoms with Crippen LogP contribution in [0, 0.1) is 6.92 Å². The van der Waals surface area contributed by atoms with Crippen molar-refractivity contribution in [2.75, 3.05) is 5.33 Å². The Balaban J connectivity index is 2.20. The Bertz CT molecular complexity index is 594. The molecule has 0 aliphatic rings. The lowest BCUT2D eigenvalue weighted by Gasteiger charge is -2.09. The van der Waals surface area contributed by atoms with Gasteiger partial charge in [-0.15, -0.1) is 0 Å². The fraction of sp³-hybridized carbons (Fsp3) is 0.133. The standard InChI is InChI=1S/C15H12BrClO2/c1-10-8-13(6-7-14(10)15(18)9-16)19-12-4-2-11(17)3-5-12/h2-8H,9H2,1H3. The van der Waals surface area contributed by atoms with Crippen LogP contribution in [0.5, 0.6) is 11.5 Å². The Hall–Kier alpha value is -1.32. The quantitative estimate of drug-likeness (QED) is 0.577. The molecule has 0 N–H and O–H groups in total. The molecule has 0 amide bonds. The highest BCUT2D eigenvalue weighted by Gasteiger charge is 2.08. The van der Waals surface area contributed by atoms with Crippen LogP contribution in [0.4, 0.5) is 0 Å². The van der Waals surface area contributed by atoms with E-state index in [2.05, 4.69) is 15.9 Å². The van der Waals surface area contributed by atoms with Gasteiger partial charge in [0.2, 0.25) is 0 Å². The minimum atomic E-state index is 0.0653. The van der Waals surface area contributed by atoms with Gasteiger partial charge in [0.1, 0.15) is 11.5 Å². The molecule has 0 aliphatic heterocycles. The molecular weight excluding hydrogens is 328 g/mol. The number of benzene rings is 2. The van der Waals surface area contributed by atoms with Crippen molar-refractivity contribution in [2.24, 2.45) is 0 Å². The number of carbonyl (C=O) groups excluding carboxylic acids is 1. The Labute approximate surface area is 125 Å². The fourth-order valence-electron chi connectivity index (χ4n) is 1.72. The second-order valence-corrected chi connectivity index (χ2v) is 5.09. The summed E-state index contributed by atoms with van der Waals surface area (Å²) in [6, 6.07) is 12.6. The van der Waals surface area contributed by atoms with Crippen molar-refractivity contribution < 1.29 is 9.53 Å². The molecular formula is C15H12BrClO2. The number of hydrogen-bond donors (Lipinski definition) is 0. The van der Waals surface area contributed by atoms with Crippen LogP contribution in [0.3, 0.4) is 0 Å². The summed E-state index contributed by atoms with van der Waals surface area (Å²) < 4.78 is 5.70. The first-order chi connectivity index (χ1) is 9.10. The average Bonchev–Trinajstić information content (AvgIpc) is 2.41. The molecule has 2 nitrogen and oxygen atoms in total. The number of alkyl halides is 1. The van der Waals surface area contributed by atoms with E-state index in [0.29, 0.717) is 27.4 Å². The second kappa shape index (κ2) is 6.22. The molecule has 2 aromatic carbocycles. The normalized spacial score (nSPS) is 10.3. The zero-order chi connectivity index (χ0) is 13.8. The zero-order valence-electron chi connectivity index (χ0n) is 10.3. The van der Waals surface area contributed by atoms with E-state index in [1.807, 2.05) is 13.0 Å². The molecule has 0 saturated carbocycles. The molecule has 0 bridgehead atoms. The van der Waals surface area contributed by atoms with Gasteiger partial charge in [0.15, 0.2) is 5.78 Å². The van der Waals surface area contributed by atoms with E-state index >= 15 is 0 Å². The number of ether oxygens (including phenoxy) is 1. The molecule has 19 heavy (non-hydrogen) atoms. The van der Waals surface area contributed by atoms with Gasteiger partial charge in [0.25, 0.3) is 0 Å². The highest BCUT2D eigenvalue weighted by molar-refractivity contribution is 9.09. The summed E-state index contributed by atoms with van der Waals surface area (Å²) in [5, 5.41) is 0.993. The van der Waals surface area contributed by atoms with Gasteiger partial charge in [0.05, 0.1) is 5.33 Å². The predicted octanol–water partition coefficient (Wildman–Crippen LogP) is 5.02. The van der Waals surface area contributed by atoms with Crippen LogP contribution in [0.1, 0.15) is 15.9 Å². The summed E-state index contributed by atoms with van der Waals surface area (Å²) in [4.78, 5) is 11.6. The molecule has 2 aromatic rings. The topological polar surface area (TPSA) is 26.3 Å². The van der Waals surface area contributed by atoms with Gasteiger partial charge in [0, 0.05) is 10.6 Å². The molecule has 0 radical (unpaired) electrons. The zero-order valence-corrected chi connectivity index (χ0v) is 12.7. The summed E-state index contributed by atoms with van der Waals surface area (Å²) >= 11 is 8.99. The van der Waals surface area contributed by atoms with E-state index in [1.165, 1.54) is 0 Å². The first kappa shape index (κ1) is 14.1. The van der Waals surface area contributed by atoms with Crippen LogP contribution in [-0.2, 0) is 0 Å². The summed E-state index contributed by atoms with van der Waals surface area (Å²) in [7, 11) is 0. The first-order valence-electron chi connectivity index (χ1n) is 5.73. The van der Waals surface area contributed by atoms with Gasteiger partial charge in [-0.25, -0.2) is 0 Å². The SMILES string of the molecule is Cc1cc(Oc2ccc(Cl)cc2)ccc1C(=O)CBr. The summed E-state index contributed by atoms with van der Waals surface area (Å²) in [6.07, 6.45) is 0. The Morgan fingerprint density at radius 1 is 1.16 bits per heavy atom. The lowest BCUT2D eigenvalue weighted by molar-refractivity contribution is 0.102. The number of hydrogen-bond acceptors (Lipinski definition) is 2. The van der Waals surface area contributed by atoms with E-state index in [0.717, 1.165) is 5.56 Å². The fourth-order valence-corrected chi connectivity index (χ4v) is 2.15. The molecule has 0 fully saturated rings. The molecule has 2 rings (SSSR count). The molecule has 0 aliphatic carbocycles. The van der Waals surface area contributed by atoms with Gasteiger partial charge in [-0.05, 0) is 55.0 Å². The van der Waals surface area contributed by atoms with Gasteiger partial charge < -0.3 is 4.74 Å². The Kier molecular flexibility index (Phi) is 4.61. The number of halogens is 2. The summed E-state index contributed by atoms with van der Waals surface area (Å²) in [6.45, 7) is 1.89. The van der Waals surface area contributed by atoms with Crippen molar-refractivity contribution in [3.05, 3.63) is 58.6 Å². The van der Waals surface area contributed by atoms with Crippen molar-refractivity contribution in [1.82, 2.24) is 0 Å².